The van der Waals surface area contributed by atoms with Crippen molar-refractivity contribution < 1.29 is 0 Å². The minimum Gasteiger partial charge on any atom is -0.310 e. The zero-order chi connectivity index (χ0) is 7.61. The van der Waals surface area contributed by atoms with E-state index in [1.165, 1.54) is 0 Å². The third kappa shape index (κ3) is 2.27. The molecule has 10 heavy (non-hydrogen) atoms. The predicted molar refractivity (Wildman–Crippen MR) is 41.6 cm³/mol. The van der Waals surface area contributed by atoms with E-state index < -0.39 is 0 Å². The van der Waals surface area contributed by atoms with Crippen LogP contribution in [0.2, 0.25) is 0 Å². The normalized spacial score (nSPS) is 17.7. The Morgan fingerprint density at radius 1 is 1.40 bits per heavy atom. The first-order valence-electron chi connectivity index (χ1n) is 3.52. The Labute approximate surface area is 62.0 Å². The summed E-state index contributed by atoms with van der Waals surface area (Å²) in [6, 6.07) is 0. The topological polar surface area (TPSA) is 27.3 Å². The van der Waals surface area contributed by atoms with Gasteiger partial charge in [0.05, 0.1) is 0 Å². The van der Waals surface area contributed by atoms with Gasteiger partial charge in [-0.2, -0.15) is 0 Å². The second-order valence-corrected chi connectivity index (χ2v) is 3.76. The minimum atomic E-state index is 0.337. The third-order valence-corrected chi connectivity index (χ3v) is 1.19. The van der Waals surface area contributed by atoms with Crippen LogP contribution in [0.4, 0.5) is 0 Å². The van der Waals surface area contributed by atoms with E-state index in [1.807, 2.05) is 17.4 Å². The first-order valence-corrected chi connectivity index (χ1v) is 3.52. The molecule has 0 saturated carbocycles. The summed E-state index contributed by atoms with van der Waals surface area (Å²) in [5, 5.41) is 2.03. The fraction of sp³-hybridized carbons (Fsp3) is 0.714. The van der Waals surface area contributed by atoms with Gasteiger partial charge in [0.15, 0.2) is 0 Å². The molecular formula is C7H15N3. The van der Waals surface area contributed by atoms with E-state index in [4.69, 9.17) is 0 Å². The van der Waals surface area contributed by atoms with Crippen molar-refractivity contribution in [2.45, 2.75) is 20.8 Å². The summed E-state index contributed by atoms with van der Waals surface area (Å²) in [7, 11) is 0. The lowest BCUT2D eigenvalue weighted by atomic mass is 9.97. The highest BCUT2D eigenvalue weighted by atomic mass is 15.7. The second-order valence-electron chi connectivity index (χ2n) is 3.76. The highest BCUT2D eigenvalue weighted by Gasteiger charge is 2.14. The number of nitrogens with zero attached hydrogens (tertiary/aromatic N) is 1. The summed E-state index contributed by atoms with van der Waals surface area (Å²) in [5.41, 5.74) is 6.21. The maximum atomic E-state index is 2.99. The summed E-state index contributed by atoms with van der Waals surface area (Å²) in [4.78, 5) is 0. The Kier molecular flexibility index (Phi) is 1.85. The van der Waals surface area contributed by atoms with Crippen molar-refractivity contribution in [1.29, 1.82) is 0 Å². The van der Waals surface area contributed by atoms with Gasteiger partial charge >= 0.3 is 0 Å². The molecule has 0 unspecified atom stereocenters. The van der Waals surface area contributed by atoms with E-state index in [2.05, 4.69) is 31.7 Å². The molecule has 2 N–H and O–H groups in total. The number of rotatable bonds is 1. The molecule has 0 aromatic carbocycles. The first-order chi connectivity index (χ1) is 4.58. The quantitative estimate of drug-likeness (QED) is 0.566. The number of hydrazine groups is 2. The lowest BCUT2D eigenvalue weighted by molar-refractivity contribution is 0.192. The van der Waals surface area contributed by atoms with Gasteiger partial charge in [-0.05, 0) is 5.41 Å². The average molecular weight is 141 g/mol. The molecule has 0 spiro atoms. The zero-order valence-electron chi connectivity index (χ0n) is 6.81. The molecule has 0 bridgehead atoms. The predicted octanol–water partition coefficient (Wildman–Crippen LogP) is 0.828. The molecule has 1 aliphatic heterocycles. The van der Waals surface area contributed by atoms with Crippen molar-refractivity contribution in [3.8, 4) is 0 Å². The van der Waals surface area contributed by atoms with Gasteiger partial charge in [0.25, 0.3) is 0 Å². The van der Waals surface area contributed by atoms with Gasteiger partial charge in [0.1, 0.15) is 0 Å². The highest BCUT2D eigenvalue weighted by Crippen LogP contribution is 2.14. The van der Waals surface area contributed by atoms with Crippen LogP contribution in [0.25, 0.3) is 0 Å². The van der Waals surface area contributed by atoms with Crippen LogP contribution in [-0.4, -0.2) is 11.6 Å². The number of nitrogens with one attached hydrogen (secondary N) is 2. The molecule has 0 radical (unpaired) electrons. The summed E-state index contributed by atoms with van der Waals surface area (Å²) >= 11 is 0. The Hall–Kier alpha value is -0.700. The number of hydrogen-bond acceptors (Lipinski definition) is 3. The van der Waals surface area contributed by atoms with Crippen molar-refractivity contribution in [3.63, 3.8) is 0 Å². The lowest BCUT2D eigenvalue weighted by Gasteiger charge is -2.25. The van der Waals surface area contributed by atoms with Crippen molar-refractivity contribution in [2.24, 2.45) is 5.41 Å². The van der Waals surface area contributed by atoms with Crippen molar-refractivity contribution >= 4 is 0 Å². The van der Waals surface area contributed by atoms with Gasteiger partial charge in [-0.25, -0.2) is 0 Å². The molecule has 0 aromatic heterocycles. The van der Waals surface area contributed by atoms with E-state index in [0.29, 0.717) is 5.41 Å². The van der Waals surface area contributed by atoms with Gasteiger partial charge in [-0.3, -0.25) is 5.01 Å². The zero-order valence-corrected chi connectivity index (χ0v) is 6.81. The summed E-state index contributed by atoms with van der Waals surface area (Å²) in [6.45, 7) is 7.64. The molecule has 1 rings (SSSR count). The maximum absolute atomic E-state index is 2.99. The second kappa shape index (κ2) is 2.50. The molecule has 1 heterocycles. The van der Waals surface area contributed by atoms with Crippen molar-refractivity contribution in [2.75, 3.05) is 6.54 Å². The maximum Gasteiger partial charge on any atom is 0.0404 e. The van der Waals surface area contributed by atoms with Gasteiger partial charge in [-0.15, -0.1) is 5.53 Å². The molecule has 0 aliphatic carbocycles. The minimum absolute atomic E-state index is 0.337. The SMILES string of the molecule is CC(C)(C)CN1C=CNN1. The summed E-state index contributed by atoms with van der Waals surface area (Å²) in [5.74, 6) is 0. The van der Waals surface area contributed by atoms with E-state index in [-0.39, 0.29) is 0 Å². The number of hydrogen-bond donors (Lipinski definition) is 2. The summed E-state index contributed by atoms with van der Waals surface area (Å²) < 4.78 is 0. The van der Waals surface area contributed by atoms with Crippen molar-refractivity contribution in [1.82, 2.24) is 16.0 Å². The fourth-order valence-electron chi connectivity index (χ4n) is 0.888. The molecule has 1 aliphatic rings. The molecule has 0 fully saturated rings. The monoisotopic (exact) mass is 141 g/mol. The molecular weight excluding hydrogens is 126 g/mol. The molecule has 58 valence electrons. The van der Waals surface area contributed by atoms with Gasteiger partial charge in [0.2, 0.25) is 0 Å². The van der Waals surface area contributed by atoms with Crippen LogP contribution in [0, 0.1) is 5.41 Å². The standard InChI is InChI=1S/C7H15N3/c1-7(2,3)6-10-5-4-8-9-10/h4-5,8-9H,6H2,1-3H3. The van der Waals surface area contributed by atoms with E-state index in [9.17, 15) is 0 Å². The van der Waals surface area contributed by atoms with Gasteiger partial charge in [0, 0.05) is 18.9 Å². The van der Waals surface area contributed by atoms with Crippen LogP contribution in [0.1, 0.15) is 20.8 Å². The Bertz CT molecular complexity index is 134. The third-order valence-electron chi connectivity index (χ3n) is 1.19. The van der Waals surface area contributed by atoms with Crippen LogP contribution in [0.15, 0.2) is 12.4 Å². The smallest absolute Gasteiger partial charge is 0.0404 e. The first kappa shape index (κ1) is 7.41. The highest BCUT2D eigenvalue weighted by molar-refractivity contribution is 4.84. The summed E-state index contributed by atoms with van der Waals surface area (Å²) in [6.07, 6.45) is 3.87. The molecule has 0 saturated heterocycles. The van der Waals surface area contributed by atoms with Crippen LogP contribution in [0.3, 0.4) is 0 Å². The van der Waals surface area contributed by atoms with Crippen LogP contribution < -0.4 is 11.0 Å². The average Bonchev–Trinajstić information content (AvgIpc) is 2.12. The van der Waals surface area contributed by atoms with Gasteiger partial charge in [-0.1, -0.05) is 20.8 Å². The van der Waals surface area contributed by atoms with Gasteiger partial charge < -0.3 is 5.43 Å². The van der Waals surface area contributed by atoms with E-state index in [0.717, 1.165) is 6.54 Å². The van der Waals surface area contributed by atoms with E-state index in [1.54, 1.807) is 0 Å². The molecule has 3 heteroatoms. The Morgan fingerprint density at radius 3 is 2.50 bits per heavy atom. The molecule has 0 aromatic rings. The van der Waals surface area contributed by atoms with Crippen LogP contribution in [0.5, 0.6) is 0 Å². The molecule has 3 nitrogen and oxygen atoms in total. The largest absolute Gasteiger partial charge is 0.310 e. The van der Waals surface area contributed by atoms with Crippen LogP contribution in [-0.2, 0) is 0 Å². The van der Waals surface area contributed by atoms with E-state index >= 15 is 0 Å². The Morgan fingerprint density at radius 2 is 2.10 bits per heavy atom. The molecule has 0 amide bonds. The van der Waals surface area contributed by atoms with Crippen molar-refractivity contribution in [3.05, 3.63) is 12.4 Å². The lowest BCUT2D eigenvalue weighted by Crippen LogP contribution is -2.40. The fourth-order valence-corrected chi connectivity index (χ4v) is 0.888. The Balaban J connectivity index is 2.31. The van der Waals surface area contributed by atoms with Crippen LogP contribution >= 0.6 is 0 Å². The molecule has 0 atom stereocenters.